The maximum absolute atomic E-state index is 15.3. The Morgan fingerprint density at radius 3 is 0.957 bits per heavy atom. The second-order valence-electron chi connectivity index (χ2n) is 18.6. The van der Waals surface area contributed by atoms with Crippen molar-refractivity contribution in [3.05, 3.63) is 218 Å². The van der Waals surface area contributed by atoms with Crippen LogP contribution in [0.15, 0.2) is 206 Å². The van der Waals surface area contributed by atoms with Gasteiger partial charge in [-0.3, -0.25) is 0 Å². The molecule has 0 unspecified atom stereocenters. The smallest absolute Gasteiger partial charge is 0.207 e. The summed E-state index contributed by atoms with van der Waals surface area (Å²) in [5.74, 6) is -0.279. The van der Waals surface area contributed by atoms with Gasteiger partial charge in [0.25, 0.3) is 0 Å². The average Bonchev–Trinajstić information content (AvgIpc) is 3.90. The van der Waals surface area contributed by atoms with Crippen LogP contribution >= 0.6 is 0 Å². The fraction of sp³-hybridized carbons (Fsp3) is 0.0154. The summed E-state index contributed by atoms with van der Waals surface area (Å²) in [5.41, 5.74) is 15.5. The van der Waals surface area contributed by atoms with Crippen LogP contribution in [0.2, 0.25) is 0 Å². The van der Waals surface area contributed by atoms with Crippen molar-refractivity contribution in [1.29, 1.82) is 0 Å². The Hall–Kier alpha value is -8.60. The zero-order chi connectivity index (χ0) is 45.9. The summed E-state index contributed by atoms with van der Waals surface area (Å²) in [5, 5.41) is 13.2. The lowest BCUT2D eigenvalue weighted by Gasteiger charge is -2.21. The minimum absolute atomic E-state index is 0.279. The molecular weight excluding hydrogens is 857 g/mol. The average molecular weight is 891 g/mol. The Morgan fingerprint density at radius 2 is 0.580 bits per heavy atom. The van der Waals surface area contributed by atoms with E-state index in [1.165, 1.54) is 29.0 Å². The van der Waals surface area contributed by atoms with E-state index < -0.39 is 11.7 Å². The van der Waals surface area contributed by atoms with E-state index in [0.717, 1.165) is 143 Å². The molecule has 0 heterocycles. The van der Waals surface area contributed by atoms with Crippen LogP contribution < -0.4 is 0 Å². The summed E-state index contributed by atoms with van der Waals surface area (Å²) in [6.07, 6.45) is -4.50. The molecule has 13 aromatic carbocycles. The van der Waals surface area contributed by atoms with E-state index in [1.807, 2.05) is 42.5 Å². The van der Waals surface area contributed by atoms with Crippen molar-refractivity contribution in [3.8, 4) is 89.0 Å². The molecular formula is C65H34F4. The molecule has 0 spiro atoms. The Balaban J connectivity index is 1.07. The number of fused-ring (bicyclic) bond motifs is 10. The standard InChI is InChI=1S/C65H34F4/c66-40-20-12-18-38(34-40)56-44-24-10-8-22-42(44)54(36-15-5-2-6-16-36)62-50-30-26-46-45-25-29-49-59-51(31-27-47(57(45)59)48-28-32-52(64(56)62)60(50)58(46)48)63-55(37-17-11-19-39(33-37)65(67,68)69)43-23-9-7-21-41(43)53(61(49)63)35-13-3-1-4-14-35/h1-34H. The third-order valence-corrected chi connectivity index (χ3v) is 15.1. The van der Waals surface area contributed by atoms with Crippen molar-refractivity contribution in [1.82, 2.24) is 0 Å². The summed E-state index contributed by atoms with van der Waals surface area (Å²) in [7, 11) is 0. The van der Waals surface area contributed by atoms with Gasteiger partial charge >= 0.3 is 6.18 Å². The van der Waals surface area contributed by atoms with Crippen molar-refractivity contribution in [2.75, 3.05) is 0 Å². The molecule has 0 bridgehead atoms. The van der Waals surface area contributed by atoms with E-state index in [4.69, 9.17) is 0 Å². The maximum atomic E-state index is 15.3. The van der Waals surface area contributed by atoms with Gasteiger partial charge in [0.2, 0.25) is 0 Å². The zero-order valence-electron chi connectivity index (χ0n) is 36.6. The number of hydrogen-bond donors (Lipinski definition) is 0. The van der Waals surface area contributed by atoms with Crippen LogP contribution in [0.5, 0.6) is 0 Å². The van der Waals surface area contributed by atoms with E-state index in [-0.39, 0.29) is 5.82 Å². The lowest BCUT2D eigenvalue weighted by atomic mass is 9.82. The van der Waals surface area contributed by atoms with Crippen LogP contribution in [-0.2, 0) is 6.18 Å². The van der Waals surface area contributed by atoms with Crippen LogP contribution in [0.25, 0.3) is 154 Å². The minimum atomic E-state index is -4.50. The van der Waals surface area contributed by atoms with Gasteiger partial charge in [-0.25, -0.2) is 4.39 Å². The molecule has 0 N–H and O–H groups in total. The normalized spacial score (nSPS) is 12.6. The quantitative estimate of drug-likeness (QED) is 0.0938. The SMILES string of the molecule is Fc1cccc(-c2c3c(c(-c4ccccc4)c4ccccc24)-c2ccc4c5ccc6c7c(ccc(c8ccc-3c2c48)c75)-c2c-6c(-c3ccccc3)c3ccccc3c2-c2cccc(C(F)(F)F)c2)c1. The highest BCUT2D eigenvalue weighted by Gasteiger charge is 2.36. The van der Waals surface area contributed by atoms with Gasteiger partial charge in [0.15, 0.2) is 0 Å². The molecule has 15 rings (SSSR count). The van der Waals surface area contributed by atoms with Crippen LogP contribution in [0, 0.1) is 5.82 Å². The van der Waals surface area contributed by atoms with Crippen LogP contribution in [0.1, 0.15) is 5.56 Å². The first-order valence-electron chi connectivity index (χ1n) is 23.3. The first-order chi connectivity index (χ1) is 33.8. The summed E-state index contributed by atoms with van der Waals surface area (Å²) in [6.45, 7) is 0. The van der Waals surface area contributed by atoms with Crippen LogP contribution in [-0.4, -0.2) is 0 Å². The highest BCUT2D eigenvalue weighted by atomic mass is 19.4. The summed E-state index contributed by atoms with van der Waals surface area (Å²) in [4.78, 5) is 0. The maximum Gasteiger partial charge on any atom is 0.416 e. The van der Waals surface area contributed by atoms with Crippen molar-refractivity contribution in [2.45, 2.75) is 6.18 Å². The topological polar surface area (TPSA) is 0 Å². The predicted octanol–water partition coefficient (Wildman–Crippen LogP) is 19.2. The molecule has 4 heteroatoms. The summed E-state index contributed by atoms with van der Waals surface area (Å²) in [6, 6.07) is 68.6. The number of halogens is 4. The van der Waals surface area contributed by atoms with Gasteiger partial charge in [0.1, 0.15) is 5.82 Å². The molecule has 0 atom stereocenters. The lowest BCUT2D eigenvalue weighted by molar-refractivity contribution is -0.137. The second kappa shape index (κ2) is 13.7. The molecule has 2 aliphatic carbocycles. The zero-order valence-corrected chi connectivity index (χ0v) is 36.6. The first kappa shape index (κ1) is 38.5. The van der Waals surface area contributed by atoms with Crippen LogP contribution in [0.3, 0.4) is 0 Å². The fourth-order valence-corrected chi connectivity index (χ4v) is 12.6. The molecule has 0 saturated heterocycles. The summed E-state index contributed by atoms with van der Waals surface area (Å²) >= 11 is 0. The van der Waals surface area contributed by atoms with E-state index in [1.54, 1.807) is 12.1 Å². The largest absolute Gasteiger partial charge is 0.416 e. The van der Waals surface area contributed by atoms with Gasteiger partial charge in [-0.2, -0.15) is 13.2 Å². The Labute approximate surface area is 393 Å². The van der Waals surface area contributed by atoms with Crippen LogP contribution in [0.4, 0.5) is 17.6 Å². The first-order valence-corrected chi connectivity index (χ1v) is 23.3. The molecule has 0 saturated carbocycles. The Kier molecular flexibility index (Phi) is 7.67. The highest BCUT2D eigenvalue weighted by molar-refractivity contribution is 6.42. The number of rotatable bonds is 4. The minimum Gasteiger partial charge on any atom is -0.207 e. The second-order valence-corrected chi connectivity index (χ2v) is 18.6. The molecule has 2 aliphatic rings. The van der Waals surface area contributed by atoms with Gasteiger partial charge in [-0.15, -0.1) is 0 Å². The molecule has 69 heavy (non-hydrogen) atoms. The predicted molar refractivity (Wildman–Crippen MR) is 278 cm³/mol. The van der Waals surface area contributed by atoms with E-state index in [2.05, 4.69) is 127 Å². The van der Waals surface area contributed by atoms with Crippen molar-refractivity contribution >= 4 is 64.6 Å². The molecule has 0 amide bonds. The van der Waals surface area contributed by atoms with Gasteiger partial charge in [0, 0.05) is 0 Å². The molecule has 322 valence electrons. The van der Waals surface area contributed by atoms with E-state index >= 15 is 4.39 Å². The fourth-order valence-electron chi connectivity index (χ4n) is 12.6. The Morgan fingerprint density at radius 1 is 0.246 bits per heavy atom. The van der Waals surface area contributed by atoms with Gasteiger partial charge in [-0.05, 0) is 178 Å². The van der Waals surface area contributed by atoms with Gasteiger partial charge in [0.05, 0.1) is 5.56 Å². The summed E-state index contributed by atoms with van der Waals surface area (Å²) < 4.78 is 58.8. The molecule has 0 aliphatic heterocycles. The number of benzene rings is 13. The van der Waals surface area contributed by atoms with Crippen molar-refractivity contribution in [2.24, 2.45) is 0 Å². The molecule has 0 nitrogen and oxygen atoms in total. The third-order valence-electron chi connectivity index (χ3n) is 15.1. The van der Waals surface area contributed by atoms with E-state index in [0.29, 0.717) is 5.56 Å². The van der Waals surface area contributed by atoms with Crippen molar-refractivity contribution < 1.29 is 17.6 Å². The van der Waals surface area contributed by atoms with Gasteiger partial charge < -0.3 is 0 Å². The number of hydrogen-bond acceptors (Lipinski definition) is 0. The molecule has 0 aromatic heterocycles. The van der Waals surface area contributed by atoms with Gasteiger partial charge in [-0.1, -0.05) is 182 Å². The molecule has 13 aromatic rings. The third kappa shape index (κ3) is 5.13. The van der Waals surface area contributed by atoms with Crippen molar-refractivity contribution in [3.63, 3.8) is 0 Å². The lowest BCUT2D eigenvalue weighted by Crippen LogP contribution is -2.04. The molecule has 0 radical (unpaired) electrons. The highest BCUT2D eigenvalue weighted by Crippen LogP contribution is 2.63. The van der Waals surface area contributed by atoms with E-state index in [9.17, 15) is 13.2 Å². The Bertz CT molecular complexity index is 4370. The molecule has 0 fully saturated rings. The number of alkyl halides is 3. The monoisotopic (exact) mass is 890 g/mol.